The molecule has 27 heavy (non-hydrogen) atoms. The maximum Gasteiger partial charge on any atom is 0.256 e. The fourth-order valence-electron chi connectivity index (χ4n) is 2.68. The van der Waals surface area contributed by atoms with Gasteiger partial charge in [0.05, 0.1) is 10.5 Å². The second-order valence-corrected chi connectivity index (χ2v) is 9.08. The van der Waals surface area contributed by atoms with Crippen molar-refractivity contribution in [1.29, 1.82) is 0 Å². The van der Waals surface area contributed by atoms with Crippen LogP contribution in [0.15, 0.2) is 29.2 Å². The molecule has 1 aromatic carbocycles. The lowest BCUT2D eigenvalue weighted by atomic mass is 10.1. The van der Waals surface area contributed by atoms with Gasteiger partial charge in [-0.2, -0.15) is 4.31 Å². The van der Waals surface area contributed by atoms with E-state index in [0.717, 1.165) is 10.4 Å². The van der Waals surface area contributed by atoms with Crippen molar-refractivity contribution in [2.45, 2.75) is 32.6 Å². The lowest BCUT2D eigenvalue weighted by Gasteiger charge is -2.18. The number of primary amides is 1. The monoisotopic (exact) mass is 409 g/mol. The van der Waals surface area contributed by atoms with Gasteiger partial charge in [-0.1, -0.05) is 13.8 Å². The third-order valence-electron chi connectivity index (χ3n) is 4.32. The fourth-order valence-corrected chi connectivity index (χ4v) is 5.20. The standard InChI is InChI=1S/C18H23N3O4S2/c1-5-21(6-2)27(24,25)14-9-7-13(8-10-14)17(23)20-18-15(16(19)22)11(3)12(4)26-18/h7-10H,5-6H2,1-4H3,(H2,19,22)(H,20,23). The summed E-state index contributed by atoms with van der Waals surface area (Å²) in [6.45, 7) is 7.89. The number of hydrogen-bond acceptors (Lipinski definition) is 5. The Kier molecular flexibility index (Phi) is 6.40. The molecule has 0 spiro atoms. The molecule has 0 unspecified atom stereocenters. The normalized spacial score (nSPS) is 11.6. The molecule has 2 amide bonds. The van der Waals surface area contributed by atoms with Gasteiger partial charge in [0.2, 0.25) is 10.0 Å². The van der Waals surface area contributed by atoms with Crippen LogP contribution in [0.5, 0.6) is 0 Å². The Morgan fingerprint density at radius 1 is 1.11 bits per heavy atom. The van der Waals surface area contributed by atoms with Crippen LogP contribution in [-0.4, -0.2) is 37.6 Å². The summed E-state index contributed by atoms with van der Waals surface area (Å²) in [6, 6.07) is 5.71. The number of sulfonamides is 1. The molecule has 0 aliphatic rings. The smallest absolute Gasteiger partial charge is 0.256 e. The summed E-state index contributed by atoms with van der Waals surface area (Å²) >= 11 is 1.27. The van der Waals surface area contributed by atoms with Gasteiger partial charge in [0.25, 0.3) is 11.8 Å². The van der Waals surface area contributed by atoms with E-state index in [9.17, 15) is 18.0 Å². The van der Waals surface area contributed by atoms with Crippen LogP contribution in [0, 0.1) is 13.8 Å². The maximum absolute atomic E-state index is 12.5. The number of benzene rings is 1. The first-order chi connectivity index (χ1) is 12.6. The number of nitrogens with zero attached hydrogens (tertiary/aromatic N) is 1. The van der Waals surface area contributed by atoms with Crippen LogP contribution in [0.4, 0.5) is 5.00 Å². The number of thiophene rings is 1. The summed E-state index contributed by atoms with van der Waals surface area (Å²) in [4.78, 5) is 25.2. The molecule has 0 saturated carbocycles. The SMILES string of the molecule is CCN(CC)S(=O)(=O)c1ccc(C(=O)Nc2sc(C)c(C)c2C(N)=O)cc1. The molecule has 0 aliphatic heterocycles. The lowest BCUT2D eigenvalue weighted by Crippen LogP contribution is -2.30. The minimum atomic E-state index is -3.58. The van der Waals surface area contributed by atoms with Crippen molar-refractivity contribution >= 4 is 38.2 Å². The van der Waals surface area contributed by atoms with E-state index in [-0.39, 0.29) is 10.5 Å². The molecule has 0 radical (unpaired) electrons. The fraction of sp³-hybridized carbons (Fsp3) is 0.333. The highest BCUT2D eigenvalue weighted by molar-refractivity contribution is 7.89. The van der Waals surface area contributed by atoms with E-state index < -0.39 is 21.8 Å². The Morgan fingerprint density at radius 2 is 1.67 bits per heavy atom. The van der Waals surface area contributed by atoms with Crippen molar-refractivity contribution in [2.75, 3.05) is 18.4 Å². The van der Waals surface area contributed by atoms with Crippen molar-refractivity contribution in [3.05, 3.63) is 45.8 Å². The number of anilines is 1. The number of rotatable bonds is 7. The zero-order valence-corrected chi connectivity index (χ0v) is 17.3. The van der Waals surface area contributed by atoms with Gasteiger partial charge >= 0.3 is 0 Å². The van der Waals surface area contributed by atoms with E-state index in [4.69, 9.17) is 5.73 Å². The topological polar surface area (TPSA) is 110 Å². The molecule has 9 heteroatoms. The van der Waals surface area contributed by atoms with Crippen LogP contribution >= 0.6 is 11.3 Å². The van der Waals surface area contributed by atoms with Crippen LogP contribution in [-0.2, 0) is 10.0 Å². The molecule has 0 aliphatic carbocycles. The highest BCUT2D eigenvalue weighted by Gasteiger charge is 2.23. The minimum absolute atomic E-state index is 0.128. The van der Waals surface area contributed by atoms with Crippen LogP contribution in [0.25, 0.3) is 0 Å². The van der Waals surface area contributed by atoms with Crippen LogP contribution in [0.2, 0.25) is 0 Å². The van der Waals surface area contributed by atoms with Crippen LogP contribution < -0.4 is 11.1 Å². The molecule has 2 rings (SSSR count). The van der Waals surface area contributed by atoms with Crippen molar-refractivity contribution < 1.29 is 18.0 Å². The van der Waals surface area contributed by atoms with Crippen molar-refractivity contribution in [2.24, 2.45) is 5.73 Å². The van der Waals surface area contributed by atoms with Crippen LogP contribution in [0.3, 0.4) is 0 Å². The molecule has 0 atom stereocenters. The molecule has 7 nitrogen and oxygen atoms in total. The number of nitrogens with one attached hydrogen (secondary N) is 1. The molecular weight excluding hydrogens is 386 g/mol. The van der Waals surface area contributed by atoms with Gasteiger partial charge in [0, 0.05) is 23.5 Å². The first-order valence-corrected chi connectivity index (χ1v) is 10.7. The van der Waals surface area contributed by atoms with E-state index in [1.807, 2.05) is 6.92 Å². The maximum atomic E-state index is 12.5. The highest BCUT2D eigenvalue weighted by Crippen LogP contribution is 2.32. The predicted octanol–water partition coefficient (Wildman–Crippen LogP) is 2.75. The van der Waals surface area contributed by atoms with Crippen LogP contribution in [0.1, 0.15) is 45.0 Å². The largest absolute Gasteiger partial charge is 0.365 e. The Bertz CT molecular complexity index is 959. The van der Waals surface area contributed by atoms with Crippen molar-refractivity contribution in [1.82, 2.24) is 4.31 Å². The van der Waals surface area contributed by atoms with Crippen molar-refractivity contribution in [3.63, 3.8) is 0 Å². The predicted molar refractivity (Wildman–Crippen MR) is 107 cm³/mol. The molecule has 1 heterocycles. The average molecular weight is 410 g/mol. The van der Waals surface area contributed by atoms with Gasteiger partial charge in [-0.25, -0.2) is 8.42 Å². The number of carbonyl (C=O) groups is 2. The Hall–Kier alpha value is -2.23. The summed E-state index contributed by atoms with van der Waals surface area (Å²) in [7, 11) is -3.58. The molecule has 0 fully saturated rings. The first kappa shape index (κ1) is 21.1. The van der Waals surface area contributed by atoms with Gasteiger partial charge in [-0.3, -0.25) is 9.59 Å². The Balaban J connectivity index is 2.27. The average Bonchev–Trinajstić information content (AvgIpc) is 2.89. The lowest BCUT2D eigenvalue weighted by molar-refractivity contribution is 0.100. The molecule has 2 aromatic rings. The number of carbonyl (C=O) groups excluding carboxylic acids is 2. The van der Waals surface area contributed by atoms with E-state index in [1.165, 1.54) is 39.9 Å². The van der Waals surface area contributed by atoms with E-state index in [2.05, 4.69) is 5.32 Å². The third-order valence-corrected chi connectivity index (χ3v) is 7.51. The zero-order chi connectivity index (χ0) is 20.4. The molecular formula is C18H23N3O4S2. The summed E-state index contributed by atoms with van der Waals surface area (Å²) in [5, 5.41) is 3.08. The molecule has 1 aromatic heterocycles. The van der Waals surface area contributed by atoms with Gasteiger partial charge in [0.15, 0.2) is 0 Å². The van der Waals surface area contributed by atoms with Crippen molar-refractivity contribution in [3.8, 4) is 0 Å². The van der Waals surface area contributed by atoms with E-state index in [1.54, 1.807) is 20.8 Å². The molecule has 0 bridgehead atoms. The van der Waals surface area contributed by atoms with Gasteiger partial charge < -0.3 is 11.1 Å². The summed E-state index contributed by atoms with van der Waals surface area (Å²) in [6.07, 6.45) is 0. The number of hydrogen-bond donors (Lipinski definition) is 2. The zero-order valence-electron chi connectivity index (χ0n) is 15.7. The Morgan fingerprint density at radius 3 is 2.15 bits per heavy atom. The molecule has 3 N–H and O–H groups in total. The van der Waals surface area contributed by atoms with E-state index >= 15 is 0 Å². The Labute approximate surface area is 163 Å². The number of amides is 2. The van der Waals surface area contributed by atoms with Gasteiger partial charge in [-0.05, 0) is 43.7 Å². The summed E-state index contributed by atoms with van der Waals surface area (Å²) < 4.78 is 26.3. The third kappa shape index (κ3) is 4.20. The van der Waals surface area contributed by atoms with Gasteiger partial charge in [0.1, 0.15) is 5.00 Å². The molecule has 146 valence electrons. The second kappa shape index (κ2) is 8.20. The summed E-state index contributed by atoms with van der Waals surface area (Å²) in [5.74, 6) is -1.04. The van der Waals surface area contributed by atoms with Gasteiger partial charge in [-0.15, -0.1) is 11.3 Å². The van der Waals surface area contributed by atoms with E-state index in [0.29, 0.717) is 23.7 Å². The summed E-state index contributed by atoms with van der Waals surface area (Å²) in [5.41, 5.74) is 6.73. The number of aryl methyl sites for hydroxylation is 1. The minimum Gasteiger partial charge on any atom is -0.365 e. The quantitative estimate of drug-likeness (QED) is 0.732. The number of nitrogens with two attached hydrogens (primary N) is 1. The highest BCUT2D eigenvalue weighted by atomic mass is 32.2. The molecule has 0 saturated heterocycles. The second-order valence-electron chi connectivity index (χ2n) is 5.92. The first-order valence-electron chi connectivity index (χ1n) is 8.44.